The maximum Gasteiger partial charge on any atom is 0.271 e. The Hall–Kier alpha value is -2.35. The van der Waals surface area contributed by atoms with Gasteiger partial charge in [0.2, 0.25) is 0 Å². The molecule has 0 radical (unpaired) electrons. The molecule has 0 aliphatic carbocycles. The second kappa shape index (κ2) is 5.33. The summed E-state index contributed by atoms with van der Waals surface area (Å²) in [7, 11) is 0. The molecule has 0 atom stereocenters. The monoisotopic (exact) mass is 278 g/mol. The number of aromatic nitrogens is 1. The van der Waals surface area contributed by atoms with Crippen molar-refractivity contribution in [2.24, 2.45) is 16.3 Å². The van der Waals surface area contributed by atoms with E-state index >= 15 is 0 Å². The number of nitrogens with one attached hydrogen (secondary N) is 4. The fourth-order valence-corrected chi connectivity index (χ4v) is 1.73. The highest BCUT2D eigenvalue weighted by molar-refractivity contribution is 5.97. The number of anilines is 1. The highest BCUT2D eigenvalue weighted by Crippen LogP contribution is 2.16. The van der Waals surface area contributed by atoms with Gasteiger partial charge >= 0.3 is 0 Å². The lowest BCUT2D eigenvalue weighted by atomic mass is 9.93. The average Bonchev–Trinajstić information content (AvgIpc) is 2.42. The number of nitrogen functional groups attached to an aromatic ring is 1. The first-order valence-electron chi connectivity index (χ1n) is 6.20. The van der Waals surface area contributed by atoms with Crippen molar-refractivity contribution in [3.63, 3.8) is 0 Å². The number of hydrogen-bond donors (Lipinski definition) is 5. The van der Waals surface area contributed by atoms with Crippen LogP contribution in [0.2, 0.25) is 0 Å². The molecule has 6 N–H and O–H groups in total. The average molecular weight is 278 g/mol. The van der Waals surface area contributed by atoms with E-state index in [1.807, 2.05) is 5.43 Å². The third-order valence-corrected chi connectivity index (χ3v) is 2.95. The van der Waals surface area contributed by atoms with Crippen LogP contribution in [0.25, 0.3) is 0 Å². The number of carbonyl (C=O) groups excluding carboxylic acids is 1. The van der Waals surface area contributed by atoms with Crippen LogP contribution in [0.5, 0.6) is 0 Å². The van der Waals surface area contributed by atoms with E-state index in [-0.39, 0.29) is 22.2 Å². The van der Waals surface area contributed by atoms with E-state index in [2.05, 4.69) is 34.5 Å². The van der Waals surface area contributed by atoms with Crippen LogP contribution in [0.15, 0.2) is 22.1 Å². The molecule has 2 rings (SSSR count). The van der Waals surface area contributed by atoms with E-state index in [4.69, 9.17) is 5.84 Å². The summed E-state index contributed by atoms with van der Waals surface area (Å²) in [4.78, 5) is 29.9. The van der Waals surface area contributed by atoms with Crippen molar-refractivity contribution in [3.8, 4) is 0 Å². The lowest BCUT2D eigenvalue weighted by Gasteiger charge is -2.29. The summed E-state index contributed by atoms with van der Waals surface area (Å²) in [6, 6.07) is 1.42. The Morgan fingerprint density at radius 1 is 1.50 bits per heavy atom. The van der Waals surface area contributed by atoms with E-state index in [0.717, 1.165) is 6.54 Å². The second-order valence-corrected chi connectivity index (χ2v) is 5.41. The third kappa shape index (κ3) is 3.15. The predicted octanol–water partition coefficient (Wildman–Crippen LogP) is -0.624. The van der Waals surface area contributed by atoms with Gasteiger partial charge in [-0.15, -0.1) is 0 Å². The van der Waals surface area contributed by atoms with Crippen LogP contribution < -0.4 is 27.5 Å². The molecule has 0 saturated carbocycles. The molecule has 20 heavy (non-hydrogen) atoms. The van der Waals surface area contributed by atoms with Gasteiger partial charge in [0.25, 0.3) is 11.5 Å². The molecular formula is C12H18N6O2. The minimum atomic E-state index is -0.482. The number of H-pyrrole nitrogens is 1. The largest absolute Gasteiger partial charge is 0.356 e. The first-order valence-corrected chi connectivity index (χ1v) is 6.20. The minimum Gasteiger partial charge on any atom is -0.356 e. The lowest BCUT2D eigenvalue weighted by molar-refractivity contribution is 0.0953. The van der Waals surface area contributed by atoms with Crippen molar-refractivity contribution in [1.29, 1.82) is 0 Å². The maximum atomic E-state index is 11.7. The van der Waals surface area contributed by atoms with Crippen LogP contribution >= 0.6 is 0 Å². The van der Waals surface area contributed by atoms with Crippen molar-refractivity contribution < 1.29 is 4.79 Å². The molecule has 0 fully saturated rings. The Balaban J connectivity index is 2.19. The summed E-state index contributed by atoms with van der Waals surface area (Å²) in [5.41, 5.74) is 2.24. The van der Waals surface area contributed by atoms with Gasteiger partial charge in [0.15, 0.2) is 5.96 Å². The molecule has 1 aliphatic heterocycles. The molecule has 8 nitrogen and oxygen atoms in total. The number of amides is 1. The second-order valence-electron chi connectivity index (χ2n) is 5.41. The number of aliphatic imine (C=N–C) groups is 1. The number of hydrogen-bond acceptors (Lipinski definition) is 6. The number of aromatic amines is 1. The van der Waals surface area contributed by atoms with Crippen LogP contribution in [0.1, 0.15) is 24.2 Å². The summed E-state index contributed by atoms with van der Waals surface area (Å²) in [5, 5.41) is 5.99. The number of nitrogens with two attached hydrogens (primary N) is 1. The SMILES string of the molecule is CC1(C)CN=C(Nc2cc(C(=O)NN)c[nH]c2=O)NC1. The summed E-state index contributed by atoms with van der Waals surface area (Å²) >= 11 is 0. The Labute approximate surface area is 115 Å². The molecule has 8 heteroatoms. The van der Waals surface area contributed by atoms with Gasteiger partial charge in [-0.3, -0.25) is 20.0 Å². The smallest absolute Gasteiger partial charge is 0.271 e. The topological polar surface area (TPSA) is 124 Å². The van der Waals surface area contributed by atoms with E-state index in [0.29, 0.717) is 12.5 Å². The molecule has 1 amide bonds. The van der Waals surface area contributed by atoms with Gasteiger partial charge in [-0.1, -0.05) is 13.8 Å². The Morgan fingerprint density at radius 3 is 2.85 bits per heavy atom. The fraction of sp³-hybridized carbons (Fsp3) is 0.417. The highest BCUT2D eigenvalue weighted by Gasteiger charge is 2.22. The summed E-state index contributed by atoms with van der Waals surface area (Å²) in [5.74, 6) is 5.09. The van der Waals surface area contributed by atoms with E-state index in [1.165, 1.54) is 12.3 Å². The fourth-order valence-electron chi connectivity index (χ4n) is 1.73. The Kier molecular flexibility index (Phi) is 3.75. The molecule has 0 spiro atoms. The lowest BCUT2D eigenvalue weighted by Crippen LogP contribution is -2.44. The zero-order valence-corrected chi connectivity index (χ0v) is 11.4. The van der Waals surface area contributed by atoms with E-state index in [1.54, 1.807) is 0 Å². The van der Waals surface area contributed by atoms with Crippen molar-refractivity contribution in [3.05, 3.63) is 28.2 Å². The summed E-state index contributed by atoms with van der Waals surface area (Å²) in [6.07, 6.45) is 1.30. The molecule has 0 unspecified atom stereocenters. The molecule has 2 heterocycles. The molecule has 1 aromatic rings. The number of rotatable bonds is 2. The van der Waals surface area contributed by atoms with Crippen molar-refractivity contribution in [1.82, 2.24) is 15.7 Å². The van der Waals surface area contributed by atoms with Crippen molar-refractivity contribution >= 4 is 17.6 Å². The summed E-state index contributed by atoms with van der Waals surface area (Å²) < 4.78 is 0. The highest BCUT2D eigenvalue weighted by atomic mass is 16.2. The van der Waals surface area contributed by atoms with Crippen LogP contribution in [0, 0.1) is 5.41 Å². The Morgan fingerprint density at radius 2 is 2.25 bits per heavy atom. The van der Waals surface area contributed by atoms with Gasteiger partial charge in [0.05, 0.1) is 5.56 Å². The number of guanidine groups is 1. The van der Waals surface area contributed by atoms with Gasteiger partial charge < -0.3 is 15.6 Å². The number of carbonyl (C=O) groups is 1. The summed E-state index contributed by atoms with van der Waals surface area (Å²) in [6.45, 7) is 5.60. The van der Waals surface area contributed by atoms with Crippen molar-refractivity contribution in [2.45, 2.75) is 13.8 Å². The molecule has 108 valence electrons. The third-order valence-electron chi connectivity index (χ3n) is 2.95. The molecule has 0 saturated heterocycles. The first kappa shape index (κ1) is 14.1. The standard InChI is InChI=1S/C12H18N6O2/c1-12(2)5-15-11(16-6-12)17-8-3-7(9(19)18-13)4-14-10(8)20/h3-4H,5-6,13H2,1-2H3,(H,14,20)(H,18,19)(H2,15,16,17). The Bertz CT molecular complexity index is 604. The predicted molar refractivity (Wildman–Crippen MR) is 76.4 cm³/mol. The minimum absolute atomic E-state index is 0.0822. The number of nitrogens with zero attached hydrogens (tertiary/aromatic N) is 1. The van der Waals surface area contributed by atoms with E-state index in [9.17, 15) is 9.59 Å². The van der Waals surface area contributed by atoms with Crippen LogP contribution in [-0.4, -0.2) is 29.9 Å². The van der Waals surface area contributed by atoms with Gasteiger partial charge in [0.1, 0.15) is 5.69 Å². The van der Waals surface area contributed by atoms with Crippen LogP contribution in [0.3, 0.4) is 0 Å². The quantitative estimate of drug-likeness (QED) is 0.280. The van der Waals surface area contributed by atoms with Gasteiger partial charge in [-0.2, -0.15) is 0 Å². The van der Waals surface area contributed by atoms with Gasteiger partial charge in [-0.05, 0) is 6.07 Å². The molecule has 1 aromatic heterocycles. The molecular weight excluding hydrogens is 260 g/mol. The van der Waals surface area contributed by atoms with E-state index < -0.39 is 5.91 Å². The zero-order chi connectivity index (χ0) is 14.8. The van der Waals surface area contributed by atoms with Crippen LogP contribution in [-0.2, 0) is 0 Å². The molecule has 0 bridgehead atoms. The van der Waals surface area contributed by atoms with Gasteiger partial charge in [-0.25, -0.2) is 5.84 Å². The number of hydrazine groups is 1. The first-order chi connectivity index (χ1) is 9.41. The zero-order valence-electron chi connectivity index (χ0n) is 11.4. The normalized spacial score (nSPS) is 16.9. The molecule has 1 aliphatic rings. The van der Waals surface area contributed by atoms with Crippen LogP contribution in [0.4, 0.5) is 5.69 Å². The van der Waals surface area contributed by atoms with Gasteiger partial charge in [0, 0.05) is 24.7 Å². The van der Waals surface area contributed by atoms with Crippen molar-refractivity contribution in [2.75, 3.05) is 18.4 Å². The number of pyridine rings is 1. The maximum absolute atomic E-state index is 11.7. The molecule has 0 aromatic carbocycles.